The smallest absolute Gasteiger partial charge is 0.311 e. The largest absolute Gasteiger partial charge is 0.502 e. The molecule has 0 saturated carbocycles. The van der Waals surface area contributed by atoms with Crippen molar-refractivity contribution in [2.75, 3.05) is 5.32 Å². The van der Waals surface area contributed by atoms with E-state index in [-0.39, 0.29) is 5.56 Å². The number of halogens is 1. The minimum atomic E-state index is -0.741. The molecule has 0 aliphatic rings. The van der Waals surface area contributed by atoms with Crippen LogP contribution in [0.25, 0.3) is 0 Å². The third kappa shape index (κ3) is 3.03. The highest BCUT2D eigenvalue weighted by molar-refractivity contribution is 9.10. The maximum atomic E-state index is 12.2. The van der Waals surface area contributed by atoms with Crippen molar-refractivity contribution < 1.29 is 14.8 Å². The number of phenols is 1. The molecule has 108 valence electrons. The molecular weight excluding hydrogens is 340 g/mol. The van der Waals surface area contributed by atoms with Crippen LogP contribution in [0.1, 0.15) is 15.9 Å². The number of aryl methyl sites for hydroxylation is 1. The van der Waals surface area contributed by atoms with E-state index in [9.17, 15) is 20.0 Å². The number of para-hydroxylation sites is 1. The molecule has 0 radical (unpaired) electrons. The highest BCUT2D eigenvalue weighted by atomic mass is 79.9. The summed E-state index contributed by atoms with van der Waals surface area (Å²) >= 11 is 3.35. The number of nitro benzene ring substituents is 1. The zero-order valence-electron chi connectivity index (χ0n) is 11.0. The highest BCUT2D eigenvalue weighted by Crippen LogP contribution is 2.31. The lowest BCUT2D eigenvalue weighted by Gasteiger charge is -2.10. The number of amides is 1. The third-order valence-electron chi connectivity index (χ3n) is 2.90. The molecular formula is C14H11BrN2O4. The molecule has 21 heavy (non-hydrogen) atoms. The predicted molar refractivity (Wildman–Crippen MR) is 81.6 cm³/mol. The molecule has 0 aliphatic carbocycles. The van der Waals surface area contributed by atoms with Gasteiger partial charge in [-0.15, -0.1) is 0 Å². The molecule has 7 heteroatoms. The molecule has 0 atom stereocenters. The van der Waals surface area contributed by atoms with Crippen LogP contribution in [0, 0.1) is 17.0 Å². The lowest BCUT2D eigenvalue weighted by Crippen LogP contribution is -2.13. The Morgan fingerprint density at radius 1 is 1.29 bits per heavy atom. The number of carbonyl (C=O) groups excluding carboxylic acids is 1. The first-order valence-electron chi connectivity index (χ1n) is 5.94. The van der Waals surface area contributed by atoms with Crippen molar-refractivity contribution in [1.82, 2.24) is 0 Å². The summed E-state index contributed by atoms with van der Waals surface area (Å²) in [7, 11) is 0. The molecule has 0 fully saturated rings. The maximum Gasteiger partial charge on any atom is 0.311 e. The van der Waals surface area contributed by atoms with Crippen LogP contribution >= 0.6 is 15.9 Å². The van der Waals surface area contributed by atoms with Gasteiger partial charge in [-0.2, -0.15) is 0 Å². The summed E-state index contributed by atoms with van der Waals surface area (Å²) in [5, 5.41) is 23.2. The van der Waals surface area contributed by atoms with Gasteiger partial charge in [0.25, 0.3) is 5.91 Å². The van der Waals surface area contributed by atoms with Gasteiger partial charge in [0, 0.05) is 10.5 Å². The van der Waals surface area contributed by atoms with Crippen LogP contribution in [0.15, 0.2) is 40.9 Å². The number of anilines is 1. The van der Waals surface area contributed by atoms with E-state index in [1.54, 1.807) is 12.1 Å². The molecule has 6 nitrogen and oxygen atoms in total. The summed E-state index contributed by atoms with van der Waals surface area (Å²) in [5.74, 6) is -1.27. The highest BCUT2D eigenvalue weighted by Gasteiger charge is 2.21. The Bertz CT molecular complexity index is 731. The lowest BCUT2D eigenvalue weighted by molar-refractivity contribution is -0.385. The van der Waals surface area contributed by atoms with Crippen LogP contribution in [-0.2, 0) is 0 Å². The maximum absolute atomic E-state index is 12.2. The molecule has 0 saturated heterocycles. The molecule has 2 rings (SSSR count). The van der Waals surface area contributed by atoms with Gasteiger partial charge < -0.3 is 10.4 Å². The standard InChI is InChI=1S/C14H11BrN2O4/c1-8-4-2-6-10(12(8)15)16-14(19)9-5-3-7-11(13(9)18)17(20)21/h2-7,18H,1H3,(H,16,19). The van der Waals surface area contributed by atoms with Crippen LogP contribution in [0.3, 0.4) is 0 Å². The van der Waals surface area contributed by atoms with Gasteiger partial charge in [0.2, 0.25) is 5.75 Å². The number of nitrogens with zero attached hydrogens (tertiary/aromatic N) is 1. The number of nitro groups is 1. The van der Waals surface area contributed by atoms with Crippen LogP contribution in [0.5, 0.6) is 5.75 Å². The van der Waals surface area contributed by atoms with Gasteiger partial charge in [0.1, 0.15) is 0 Å². The zero-order chi connectivity index (χ0) is 15.6. The molecule has 0 unspecified atom stereocenters. The van der Waals surface area contributed by atoms with E-state index in [0.29, 0.717) is 10.2 Å². The van der Waals surface area contributed by atoms with Crippen molar-refractivity contribution >= 4 is 33.2 Å². The normalized spacial score (nSPS) is 10.2. The van der Waals surface area contributed by atoms with Crippen LogP contribution in [0.4, 0.5) is 11.4 Å². The number of rotatable bonds is 3. The van der Waals surface area contributed by atoms with Gasteiger partial charge in [0.05, 0.1) is 16.2 Å². The second-order valence-corrected chi connectivity index (χ2v) is 5.11. The average molecular weight is 351 g/mol. The van der Waals surface area contributed by atoms with E-state index < -0.39 is 22.3 Å². The summed E-state index contributed by atoms with van der Waals surface area (Å²) < 4.78 is 0.711. The summed E-state index contributed by atoms with van der Waals surface area (Å²) in [6.07, 6.45) is 0. The fourth-order valence-corrected chi connectivity index (χ4v) is 2.16. The first-order chi connectivity index (χ1) is 9.91. The molecule has 0 aromatic heterocycles. The molecule has 0 spiro atoms. The van der Waals surface area contributed by atoms with E-state index in [1.807, 2.05) is 13.0 Å². The van der Waals surface area contributed by atoms with Crippen molar-refractivity contribution in [2.24, 2.45) is 0 Å². The number of phenolic OH excluding ortho intramolecular Hbond substituents is 1. The zero-order valence-corrected chi connectivity index (χ0v) is 12.5. The monoisotopic (exact) mass is 350 g/mol. The fraction of sp³-hybridized carbons (Fsp3) is 0.0714. The molecule has 2 aromatic carbocycles. The molecule has 1 amide bonds. The van der Waals surface area contributed by atoms with Gasteiger partial charge in [0.15, 0.2) is 0 Å². The number of carbonyl (C=O) groups is 1. The predicted octanol–water partition coefficient (Wildman–Crippen LogP) is 3.62. The molecule has 0 bridgehead atoms. The van der Waals surface area contributed by atoms with Gasteiger partial charge in [-0.3, -0.25) is 14.9 Å². The van der Waals surface area contributed by atoms with Gasteiger partial charge in [-0.25, -0.2) is 0 Å². The Hall–Kier alpha value is -2.41. The van der Waals surface area contributed by atoms with Crippen molar-refractivity contribution in [1.29, 1.82) is 0 Å². The number of hydrogen-bond acceptors (Lipinski definition) is 4. The van der Waals surface area contributed by atoms with E-state index in [2.05, 4.69) is 21.2 Å². The Labute approximate surface area is 128 Å². The van der Waals surface area contributed by atoms with E-state index in [4.69, 9.17) is 0 Å². The number of aromatic hydroxyl groups is 1. The Morgan fingerprint density at radius 2 is 1.95 bits per heavy atom. The second kappa shape index (κ2) is 5.92. The molecule has 0 aliphatic heterocycles. The number of hydrogen-bond donors (Lipinski definition) is 2. The van der Waals surface area contributed by atoms with Crippen molar-refractivity contribution in [3.05, 3.63) is 62.1 Å². The first kappa shape index (κ1) is 15.0. The topological polar surface area (TPSA) is 92.5 Å². The quantitative estimate of drug-likeness (QED) is 0.652. The van der Waals surface area contributed by atoms with E-state index in [0.717, 1.165) is 11.6 Å². The minimum Gasteiger partial charge on any atom is -0.502 e. The van der Waals surface area contributed by atoms with Gasteiger partial charge >= 0.3 is 5.69 Å². The summed E-state index contributed by atoms with van der Waals surface area (Å²) in [5.41, 5.74) is 0.783. The van der Waals surface area contributed by atoms with Gasteiger partial charge in [-0.05, 0) is 40.5 Å². The van der Waals surface area contributed by atoms with Crippen molar-refractivity contribution in [3.8, 4) is 5.75 Å². The van der Waals surface area contributed by atoms with Gasteiger partial charge in [-0.1, -0.05) is 18.2 Å². The van der Waals surface area contributed by atoms with E-state index in [1.165, 1.54) is 12.1 Å². The molecule has 2 aromatic rings. The van der Waals surface area contributed by atoms with E-state index >= 15 is 0 Å². The SMILES string of the molecule is Cc1cccc(NC(=O)c2cccc([N+](=O)[O-])c2O)c1Br. The Balaban J connectivity index is 2.35. The van der Waals surface area contributed by atoms with Crippen LogP contribution in [-0.4, -0.2) is 15.9 Å². The first-order valence-corrected chi connectivity index (χ1v) is 6.74. The number of nitrogens with one attached hydrogen (secondary N) is 1. The number of benzene rings is 2. The summed E-state index contributed by atoms with van der Waals surface area (Å²) in [6, 6.07) is 9.12. The average Bonchev–Trinajstić information content (AvgIpc) is 2.43. The van der Waals surface area contributed by atoms with Crippen molar-refractivity contribution in [3.63, 3.8) is 0 Å². The van der Waals surface area contributed by atoms with Crippen LogP contribution in [0.2, 0.25) is 0 Å². The second-order valence-electron chi connectivity index (χ2n) is 4.32. The lowest BCUT2D eigenvalue weighted by atomic mass is 10.1. The Morgan fingerprint density at radius 3 is 2.62 bits per heavy atom. The Kier molecular flexibility index (Phi) is 4.23. The van der Waals surface area contributed by atoms with Crippen LogP contribution < -0.4 is 5.32 Å². The summed E-state index contributed by atoms with van der Waals surface area (Å²) in [6.45, 7) is 1.87. The molecule has 0 heterocycles. The fourth-order valence-electron chi connectivity index (χ4n) is 1.80. The molecule has 2 N–H and O–H groups in total. The van der Waals surface area contributed by atoms with Crippen molar-refractivity contribution in [2.45, 2.75) is 6.92 Å². The summed E-state index contributed by atoms with van der Waals surface area (Å²) in [4.78, 5) is 22.2. The minimum absolute atomic E-state index is 0.155. The third-order valence-corrected chi connectivity index (χ3v) is 3.95.